The lowest BCUT2D eigenvalue weighted by atomic mass is 10.3. The molecule has 2 N–H and O–H groups in total. The Kier molecular flexibility index (Phi) is 5.67. The maximum Gasteiger partial charge on any atom is 0.237 e. The summed E-state index contributed by atoms with van der Waals surface area (Å²) in [5.74, 6) is -1.73. The van der Waals surface area contributed by atoms with Gasteiger partial charge in [-0.3, -0.25) is 4.79 Å². The van der Waals surface area contributed by atoms with Crippen molar-refractivity contribution < 1.29 is 13.6 Å². The Hall–Kier alpha value is -1.74. The van der Waals surface area contributed by atoms with Crippen LogP contribution in [0.4, 0.5) is 19.6 Å². The number of hydrogen-bond acceptors (Lipinski definition) is 6. The fraction of sp³-hybridized carbons (Fsp3) is 0.308. The van der Waals surface area contributed by atoms with Gasteiger partial charge in [0.1, 0.15) is 11.6 Å². The summed E-state index contributed by atoms with van der Waals surface area (Å²) >= 11 is 2.53. The number of nitrogens with one attached hydrogen (secondary N) is 2. The molecule has 5 nitrogen and oxygen atoms in total. The molecule has 0 saturated carbocycles. The van der Waals surface area contributed by atoms with Crippen LogP contribution in [0.25, 0.3) is 0 Å². The standard InChI is InChI=1S/C13H14F2N4OS2/c1-3-16-12-18-19-13(22-12)21-7(2)11(20)17-10-6-8(14)4-5-9(10)15/h4-7H,3H2,1-2H3,(H,16,18)(H,17,20)/t7-/m1/s1. The van der Waals surface area contributed by atoms with E-state index in [1.54, 1.807) is 6.92 Å². The quantitative estimate of drug-likeness (QED) is 0.787. The third-order valence-electron chi connectivity index (χ3n) is 2.57. The number of nitrogens with zero attached hydrogens (tertiary/aromatic N) is 2. The van der Waals surface area contributed by atoms with Crippen LogP contribution in [0.3, 0.4) is 0 Å². The molecule has 1 atom stereocenters. The SMILES string of the molecule is CCNc1nnc(S[C@H](C)C(=O)Nc2cc(F)ccc2F)s1. The fourth-order valence-corrected chi connectivity index (χ4v) is 3.48. The van der Waals surface area contributed by atoms with Gasteiger partial charge in [-0.2, -0.15) is 0 Å². The van der Waals surface area contributed by atoms with Crippen molar-refractivity contribution in [2.45, 2.75) is 23.4 Å². The number of rotatable bonds is 6. The minimum atomic E-state index is -0.683. The Morgan fingerprint density at radius 2 is 2.18 bits per heavy atom. The van der Waals surface area contributed by atoms with Gasteiger partial charge in [-0.15, -0.1) is 10.2 Å². The highest BCUT2D eigenvalue weighted by molar-refractivity contribution is 8.02. The summed E-state index contributed by atoms with van der Waals surface area (Å²) in [6.07, 6.45) is 0. The number of carbonyl (C=O) groups is 1. The molecule has 0 spiro atoms. The van der Waals surface area contributed by atoms with Gasteiger partial charge in [-0.25, -0.2) is 8.78 Å². The monoisotopic (exact) mass is 344 g/mol. The highest BCUT2D eigenvalue weighted by Crippen LogP contribution is 2.29. The van der Waals surface area contributed by atoms with Crippen LogP contribution in [-0.4, -0.2) is 27.9 Å². The molecule has 22 heavy (non-hydrogen) atoms. The van der Waals surface area contributed by atoms with Crippen LogP contribution in [0.1, 0.15) is 13.8 Å². The summed E-state index contributed by atoms with van der Waals surface area (Å²) in [5.41, 5.74) is -0.178. The summed E-state index contributed by atoms with van der Waals surface area (Å²) in [6, 6.07) is 2.90. The Balaban J connectivity index is 1.98. The number of amides is 1. The summed E-state index contributed by atoms with van der Waals surface area (Å²) < 4.78 is 27.2. The molecular formula is C13H14F2N4OS2. The Labute approximate surface area is 134 Å². The van der Waals surface area contributed by atoms with E-state index >= 15 is 0 Å². The van der Waals surface area contributed by atoms with Crippen molar-refractivity contribution in [3.05, 3.63) is 29.8 Å². The van der Waals surface area contributed by atoms with E-state index in [0.717, 1.165) is 24.7 Å². The molecule has 2 aromatic rings. The van der Waals surface area contributed by atoms with Crippen LogP contribution >= 0.6 is 23.1 Å². The zero-order valence-corrected chi connectivity index (χ0v) is 13.5. The molecule has 0 aliphatic carbocycles. The van der Waals surface area contributed by atoms with E-state index in [4.69, 9.17) is 0 Å². The van der Waals surface area contributed by atoms with E-state index in [1.165, 1.54) is 23.1 Å². The van der Waals surface area contributed by atoms with Crippen LogP contribution in [0.2, 0.25) is 0 Å². The molecule has 1 aromatic heterocycles. The molecule has 0 saturated heterocycles. The van der Waals surface area contributed by atoms with Crippen molar-refractivity contribution in [3.8, 4) is 0 Å². The molecule has 1 amide bonds. The molecule has 118 valence electrons. The first-order valence-corrected chi connectivity index (χ1v) is 8.19. The van der Waals surface area contributed by atoms with E-state index in [1.807, 2.05) is 6.92 Å². The van der Waals surface area contributed by atoms with Crippen LogP contribution < -0.4 is 10.6 Å². The Morgan fingerprint density at radius 3 is 2.91 bits per heavy atom. The van der Waals surface area contributed by atoms with Crippen LogP contribution in [0.15, 0.2) is 22.5 Å². The average Bonchev–Trinajstić information content (AvgIpc) is 2.90. The molecule has 0 radical (unpaired) electrons. The number of aromatic nitrogens is 2. The minimum absolute atomic E-state index is 0.178. The van der Waals surface area contributed by atoms with Crippen molar-refractivity contribution in [1.82, 2.24) is 10.2 Å². The molecule has 0 unspecified atom stereocenters. The molecule has 0 aliphatic heterocycles. The van der Waals surface area contributed by atoms with Crippen LogP contribution in [0, 0.1) is 11.6 Å². The van der Waals surface area contributed by atoms with Gasteiger partial charge >= 0.3 is 0 Å². The van der Waals surface area contributed by atoms with Gasteiger partial charge < -0.3 is 10.6 Å². The Bertz CT molecular complexity index is 665. The zero-order chi connectivity index (χ0) is 16.1. The van der Waals surface area contributed by atoms with Crippen molar-refractivity contribution in [2.75, 3.05) is 17.2 Å². The maximum atomic E-state index is 13.5. The van der Waals surface area contributed by atoms with Gasteiger partial charge in [0.2, 0.25) is 11.0 Å². The van der Waals surface area contributed by atoms with Gasteiger partial charge in [0.05, 0.1) is 10.9 Å². The number of benzene rings is 1. The topological polar surface area (TPSA) is 66.9 Å². The molecule has 9 heteroatoms. The van der Waals surface area contributed by atoms with Crippen molar-refractivity contribution in [3.63, 3.8) is 0 Å². The van der Waals surface area contributed by atoms with Crippen molar-refractivity contribution in [2.24, 2.45) is 0 Å². The molecule has 1 heterocycles. The van der Waals surface area contributed by atoms with Crippen LogP contribution in [-0.2, 0) is 4.79 Å². The second kappa shape index (κ2) is 7.50. The van der Waals surface area contributed by atoms with E-state index < -0.39 is 22.8 Å². The second-order valence-corrected chi connectivity index (χ2v) is 6.84. The van der Waals surface area contributed by atoms with E-state index in [9.17, 15) is 13.6 Å². The minimum Gasteiger partial charge on any atom is -0.360 e. The molecule has 1 aromatic carbocycles. The summed E-state index contributed by atoms with van der Waals surface area (Å²) in [6.45, 7) is 4.33. The predicted molar refractivity (Wildman–Crippen MR) is 84.4 cm³/mol. The first kappa shape index (κ1) is 16.6. The first-order chi connectivity index (χ1) is 10.5. The van der Waals surface area contributed by atoms with Crippen LogP contribution in [0.5, 0.6) is 0 Å². The molecular weight excluding hydrogens is 330 g/mol. The normalized spacial score (nSPS) is 12.0. The van der Waals surface area contributed by atoms with Gasteiger partial charge in [-0.1, -0.05) is 23.1 Å². The molecule has 0 aliphatic rings. The average molecular weight is 344 g/mol. The highest BCUT2D eigenvalue weighted by atomic mass is 32.2. The lowest BCUT2D eigenvalue weighted by Gasteiger charge is -2.10. The summed E-state index contributed by atoms with van der Waals surface area (Å²) in [7, 11) is 0. The summed E-state index contributed by atoms with van der Waals surface area (Å²) in [4.78, 5) is 12.0. The lowest BCUT2D eigenvalue weighted by molar-refractivity contribution is -0.115. The van der Waals surface area contributed by atoms with Crippen molar-refractivity contribution in [1.29, 1.82) is 0 Å². The predicted octanol–water partition coefficient (Wildman–Crippen LogP) is 3.37. The number of anilines is 2. The number of carbonyl (C=O) groups excluding carboxylic acids is 1. The molecule has 0 fully saturated rings. The second-order valence-electron chi connectivity index (χ2n) is 4.28. The van der Waals surface area contributed by atoms with Gasteiger partial charge in [0.25, 0.3) is 0 Å². The Morgan fingerprint density at radius 1 is 1.41 bits per heavy atom. The zero-order valence-electron chi connectivity index (χ0n) is 11.9. The van der Waals surface area contributed by atoms with Gasteiger partial charge in [0.15, 0.2) is 4.34 Å². The maximum absolute atomic E-state index is 13.5. The van der Waals surface area contributed by atoms with E-state index in [2.05, 4.69) is 20.8 Å². The van der Waals surface area contributed by atoms with Crippen molar-refractivity contribution >= 4 is 39.8 Å². The van der Waals surface area contributed by atoms with E-state index in [-0.39, 0.29) is 5.69 Å². The van der Waals surface area contributed by atoms with Gasteiger partial charge in [0, 0.05) is 12.6 Å². The highest BCUT2D eigenvalue weighted by Gasteiger charge is 2.18. The third kappa shape index (κ3) is 4.38. The largest absolute Gasteiger partial charge is 0.360 e. The first-order valence-electron chi connectivity index (χ1n) is 6.49. The summed E-state index contributed by atoms with van der Waals surface area (Å²) in [5, 5.41) is 13.4. The number of thioether (sulfide) groups is 1. The lowest BCUT2D eigenvalue weighted by Crippen LogP contribution is -2.23. The third-order valence-corrected chi connectivity index (χ3v) is 4.63. The fourth-order valence-electron chi connectivity index (χ4n) is 1.51. The molecule has 2 rings (SSSR count). The molecule has 0 bridgehead atoms. The number of halogens is 2. The van der Waals surface area contributed by atoms with E-state index in [0.29, 0.717) is 9.47 Å². The van der Waals surface area contributed by atoms with Gasteiger partial charge in [-0.05, 0) is 26.0 Å². The smallest absolute Gasteiger partial charge is 0.237 e. The number of hydrogen-bond donors (Lipinski definition) is 2.